The van der Waals surface area contributed by atoms with Crippen molar-refractivity contribution in [1.82, 2.24) is 4.98 Å². The van der Waals surface area contributed by atoms with Gasteiger partial charge in [-0.3, -0.25) is 4.98 Å². The molecule has 0 spiro atoms. The highest BCUT2D eigenvalue weighted by Gasteiger charge is 2.54. The van der Waals surface area contributed by atoms with E-state index in [4.69, 9.17) is 0 Å². The van der Waals surface area contributed by atoms with Crippen LogP contribution in [0.1, 0.15) is 35.6 Å². The number of para-hydroxylation sites is 1. The molecular formula is C27H28F3N2O+. The number of hydrogen-bond acceptors (Lipinski definition) is 2. The summed E-state index contributed by atoms with van der Waals surface area (Å²) in [6, 6.07) is 15.2. The van der Waals surface area contributed by atoms with Gasteiger partial charge in [-0.15, -0.1) is 6.58 Å². The van der Waals surface area contributed by atoms with E-state index in [0.717, 1.165) is 60.1 Å². The van der Waals surface area contributed by atoms with Gasteiger partial charge in [-0.2, -0.15) is 13.2 Å². The first-order chi connectivity index (χ1) is 15.8. The first kappa shape index (κ1) is 22.1. The number of alkyl halides is 3. The Morgan fingerprint density at radius 2 is 1.88 bits per heavy atom. The van der Waals surface area contributed by atoms with Crippen LogP contribution in [-0.4, -0.2) is 33.7 Å². The van der Waals surface area contributed by atoms with E-state index in [-0.39, 0.29) is 6.04 Å². The zero-order chi connectivity index (χ0) is 23.2. The molecule has 0 saturated carbocycles. The lowest BCUT2D eigenvalue weighted by atomic mass is 9.71. The largest absolute Gasteiger partial charge is 0.416 e. The van der Waals surface area contributed by atoms with Gasteiger partial charge >= 0.3 is 6.18 Å². The van der Waals surface area contributed by atoms with Gasteiger partial charge in [0.25, 0.3) is 0 Å². The second-order valence-corrected chi connectivity index (χ2v) is 9.59. The monoisotopic (exact) mass is 453 g/mol. The van der Waals surface area contributed by atoms with Crippen LogP contribution in [0, 0.1) is 11.8 Å². The summed E-state index contributed by atoms with van der Waals surface area (Å²) >= 11 is 0. The maximum atomic E-state index is 13.1. The van der Waals surface area contributed by atoms with Crippen molar-refractivity contribution >= 4 is 10.9 Å². The summed E-state index contributed by atoms with van der Waals surface area (Å²) in [6.07, 6.45) is 0.648. The fraction of sp³-hybridized carbons (Fsp3) is 0.370. The molecule has 3 aliphatic rings. The third-order valence-electron chi connectivity index (χ3n) is 7.82. The minimum absolute atomic E-state index is 0.0342. The van der Waals surface area contributed by atoms with Crippen LogP contribution in [-0.2, 0) is 12.7 Å². The van der Waals surface area contributed by atoms with Gasteiger partial charge in [0, 0.05) is 35.9 Å². The first-order valence-electron chi connectivity index (χ1n) is 11.5. The second kappa shape index (κ2) is 8.26. The molecule has 172 valence electrons. The highest BCUT2D eigenvalue weighted by molar-refractivity contribution is 5.82. The number of halogens is 3. The van der Waals surface area contributed by atoms with E-state index >= 15 is 0 Å². The molecule has 3 fully saturated rings. The van der Waals surface area contributed by atoms with Gasteiger partial charge in [0.15, 0.2) is 0 Å². The Labute approximate surface area is 191 Å². The van der Waals surface area contributed by atoms with Gasteiger partial charge in [-0.05, 0) is 35.7 Å². The second-order valence-electron chi connectivity index (χ2n) is 9.59. The molecule has 5 atom stereocenters. The summed E-state index contributed by atoms with van der Waals surface area (Å²) in [4.78, 5) is 4.43. The quantitative estimate of drug-likeness (QED) is 0.386. The maximum absolute atomic E-state index is 13.1. The molecule has 1 aromatic heterocycles. The zero-order valence-corrected chi connectivity index (χ0v) is 18.4. The van der Waals surface area contributed by atoms with Gasteiger partial charge in [-0.1, -0.05) is 36.4 Å². The highest BCUT2D eigenvalue weighted by Crippen LogP contribution is 2.48. The van der Waals surface area contributed by atoms with Crippen molar-refractivity contribution in [2.24, 2.45) is 11.8 Å². The van der Waals surface area contributed by atoms with Gasteiger partial charge in [0.05, 0.1) is 24.2 Å². The van der Waals surface area contributed by atoms with Gasteiger partial charge in [0.2, 0.25) is 0 Å². The number of nitrogens with zero attached hydrogens (tertiary/aromatic N) is 2. The molecule has 33 heavy (non-hydrogen) atoms. The molecule has 2 bridgehead atoms. The van der Waals surface area contributed by atoms with Crippen LogP contribution in [0.15, 0.2) is 73.4 Å². The van der Waals surface area contributed by atoms with Crippen LogP contribution in [0.4, 0.5) is 13.2 Å². The Balaban J connectivity index is 1.51. The number of aromatic nitrogens is 1. The number of hydrogen-bond donors (Lipinski definition) is 1. The van der Waals surface area contributed by atoms with Crippen molar-refractivity contribution in [1.29, 1.82) is 0 Å². The lowest BCUT2D eigenvalue weighted by Crippen LogP contribution is -2.67. The molecule has 2 unspecified atom stereocenters. The fourth-order valence-corrected chi connectivity index (χ4v) is 6.13. The Morgan fingerprint density at radius 3 is 2.61 bits per heavy atom. The number of quaternary nitrogens is 1. The molecule has 1 N–H and O–H groups in total. The SMILES string of the molecule is C=C[C@H]1C[N@@+]2(Cc3ccc(C(F)(F)F)cc3)CCC1CC2[C@@H](O)c1ccnc2ccccc12. The average Bonchev–Trinajstić information content (AvgIpc) is 2.83. The van der Waals surface area contributed by atoms with Crippen molar-refractivity contribution in [2.75, 3.05) is 13.1 Å². The Kier molecular flexibility index (Phi) is 5.53. The smallest absolute Gasteiger partial charge is 0.382 e. The molecule has 3 aromatic rings. The van der Waals surface area contributed by atoms with Gasteiger partial charge in [-0.25, -0.2) is 0 Å². The van der Waals surface area contributed by atoms with E-state index in [1.54, 1.807) is 18.3 Å². The predicted molar refractivity (Wildman–Crippen MR) is 122 cm³/mol. The Morgan fingerprint density at radius 1 is 1.12 bits per heavy atom. The van der Waals surface area contributed by atoms with Crippen molar-refractivity contribution in [3.8, 4) is 0 Å². The Bertz CT molecular complexity index is 1150. The average molecular weight is 454 g/mol. The van der Waals surface area contributed by atoms with Crippen LogP contribution < -0.4 is 0 Å². The summed E-state index contributed by atoms with van der Waals surface area (Å²) in [5, 5.41) is 12.6. The lowest BCUT2D eigenvalue weighted by molar-refractivity contribution is -0.984. The molecule has 2 aromatic carbocycles. The molecule has 0 aliphatic carbocycles. The van der Waals surface area contributed by atoms with E-state index in [1.165, 1.54) is 0 Å². The molecule has 0 amide bonds. The molecular weight excluding hydrogens is 425 g/mol. The minimum Gasteiger partial charge on any atom is -0.382 e. The van der Waals surface area contributed by atoms with Crippen molar-refractivity contribution < 1.29 is 22.8 Å². The van der Waals surface area contributed by atoms with Gasteiger partial charge in [0.1, 0.15) is 18.7 Å². The lowest BCUT2D eigenvalue weighted by Gasteiger charge is -2.58. The van der Waals surface area contributed by atoms with Crippen molar-refractivity contribution in [3.63, 3.8) is 0 Å². The number of aliphatic hydroxyl groups excluding tert-OH is 1. The van der Waals surface area contributed by atoms with E-state index < -0.39 is 17.8 Å². The van der Waals surface area contributed by atoms with Crippen LogP contribution in [0.25, 0.3) is 10.9 Å². The summed E-state index contributed by atoms with van der Waals surface area (Å²) in [7, 11) is 0. The van der Waals surface area contributed by atoms with E-state index in [9.17, 15) is 18.3 Å². The topological polar surface area (TPSA) is 33.1 Å². The fourth-order valence-electron chi connectivity index (χ4n) is 6.13. The summed E-state index contributed by atoms with van der Waals surface area (Å²) in [6.45, 7) is 6.39. The molecule has 6 rings (SSSR count). The van der Waals surface area contributed by atoms with Crippen LogP contribution in [0.3, 0.4) is 0 Å². The summed E-state index contributed by atoms with van der Waals surface area (Å²) in [5.74, 6) is 0.827. The van der Waals surface area contributed by atoms with Crippen LogP contribution >= 0.6 is 0 Å². The number of benzene rings is 2. The van der Waals surface area contributed by atoms with E-state index in [1.807, 2.05) is 36.4 Å². The van der Waals surface area contributed by atoms with E-state index in [2.05, 4.69) is 11.6 Å². The minimum atomic E-state index is -4.34. The molecule has 0 radical (unpaired) electrons. The number of rotatable bonds is 5. The molecule has 3 nitrogen and oxygen atoms in total. The first-order valence-corrected chi connectivity index (χ1v) is 11.5. The maximum Gasteiger partial charge on any atom is 0.416 e. The van der Waals surface area contributed by atoms with Gasteiger partial charge < -0.3 is 9.59 Å². The number of pyridine rings is 1. The molecule has 3 saturated heterocycles. The number of piperidine rings is 3. The predicted octanol–water partition coefficient (Wildman–Crippen LogP) is 5.90. The zero-order valence-electron chi connectivity index (χ0n) is 18.4. The highest BCUT2D eigenvalue weighted by atomic mass is 19.4. The van der Waals surface area contributed by atoms with Crippen molar-refractivity contribution in [3.05, 3.63) is 90.1 Å². The van der Waals surface area contributed by atoms with Crippen LogP contribution in [0.5, 0.6) is 0 Å². The molecule has 6 heteroatoms. The summed E-state index contributed by atoms with van der Waals surface area (Å²) in [5.41, 5.74) is 1.96. The standard InChI is InChI=1S/C27H28F3N2O/c1-2-19-17-32(16-18-7-9-21(10-8-18)27(28,29)30)14-12-20(19)15-25(32)26(33)23-11-13-31-24-6-4-3-5-22(23)24/h2-11,13,19-20,25-26,33H,1,12,14-17H2/q+1/t19-,20?,25?,26-,32-/m0/s1. The summed E-state index contributed by atoms with van der Waals surface area (Å²) < 4.78 is 39.8. The Hall–Kier alpha value is -2.70. The number of fused-ring (bicyclic) bond motifs is 4. The molecule has 3 aliphatic heterocycles. The normalized spacial score (nSPS) is 28.1. The van der Waals surface area contributed by atoms with E-state index in [0.29, 0.717) is 22.9 Å². The third-order valence-corrected chi connectivity index (χ3v) is 7.82. The molecule has 4 heterocycles. The van der Waals surface area contributed by atoms with Crippen molar-refractivity contribution in [2.45, 2.75) is 37.7 Å². The van der Waals surface area contributed by atoms with Crippen LogP contribution in [0.2, 0.25) is 0 Å². The third kappa shape index (κ3) is 3.96. The number of aliphatic hydroxyl groups is 1.